The topological polar surface area (TPSA) is 29.1 Å². The van der Waals surface area contributed by atoms with Gasteiger partial charge in [-0.25, -0.2) is 0 Å². The van der Waals surface area contributed by atoms with Crippen molar-refractivity contribution in [3.05, 3.63) is 53.6 Å². The van der Waals surface area contributed by atoms with Crippen LogP contribution in [-0.2, 0) is 4.79 Å². The highest BCUT2D eigenvalue weighted by Gasteiger charge is 2.52. The fourth-order valence-electron chi connectivity index (χ4n) is 4.03. The minimum Gasteiger partial charge on any atom is -0.326 e. The summed E-state index contributed by atoms with van der Waals surface area (Å²) in [6, 6.07) is 6.22. The number of benzene rings is 1. The van der Waals surface area contributed by atoms with E-state index in [4.69, 9.17) is 0 Å². The molecule has 1 N–H and O–H groups in total. The second-order valence-corrected chi connectivity index (χ2v) is 7.34. The van der Waals surface area contributed by atoms with E-state index in [1.165, 1.54) is 5.56 Å². The van der Waals surface area contributed by atoms with E-state index < -0.39 is 0 Å². The third-order valence-corrected chi connectivity index (χ3v) is 5.44. The van der Waals surface area contributed by atoms with Crippen molar-refractivity contribution >= 4 is 11.6 Å². The van der Waals surface area contributed by atoms with Crippen molar-refractivity contribution in [2.75, 3.05) is 5.32 Å². The molecule has 3 rings (SSSR count). The number of aryl methyl sites for hydroxylation is 2. The number of nitrogens with one attached hydrogen (secondary N) is 1. The number of carbonyl (C=O) groups excluding carboxylic acids is 1. The summed E-state index contributed by atoms with van der Waals surface area (Å²) in [6.07, 6.45) is 16.0. The van der Waals surface area contributed by atoms with Crippen molar-refractivity contribution in [3.8, 4) is 0 Å². The number of amides is 1. The lowest BCUT2D eigenvalue weighted by Crippen LogP contribution is -2.16. The summed E-state index contributed by atoms with van der Waals surface area (Å²) in [5.41, 5.74) is 3.35. The highest BCUT2D eigenvalue weighted by molar-refractivity contribution is 5.95. The maximum Gasteiger partial charge on any atom is 0.228 e. The van der Waals surface area contributed by atoms with E-state index in [2.05, 4.69) is 55.6 Å². The van der Waals surface area contributed by atoms with Gasteiger partial charge in [0.15, 0.2) is 0 Å². The third-order valence-electron chi connectivity index (χ3n) is 5.44. The minimum absolute atomic E-state index is 0.202. The van der Waals surface area contributed by atoms with Gasteiger partial charge in [-0.05, 0) is 75.8 Å². The van der Waals surface area contributed by atoms with Gasteiger partial charge in [-0.2, -0.15) is 0 Å². The molecule has 1 saturated carbocycles. The van der Waals surface area contributed by atoms with Crippen LogP contribution < -0.4 is 5.32 Å². The molecule has 0 aliphatic heterocycles. The number of carbonyl (C=O) groups is 1. The second-order valence-electron chi connectivity index (χ2n) is 7.34. The molecule has 0 radical (unpaired) electrons. The zero-order valence-corrected chi connectivity index (χ0v) is 14.9. The summed E-state index contributed by atoms with van der Waals surface area (Å²) >= 11 is 0. The van der Waals surface area contributed by atoms with E-state index in [0.717, 1.165) is 49.8 Å². The number of hydrogen-bond acceptors (Lipinski definition) is 1. The van der Waals surface area contributed by atoms with Gasteiger partial charge in [0.1, 0.15) is 0 Å². The molecule has 2 nitrogen and oxygen atoms in total. The molecule has 1 fully saturated rings. The standard InChI is InChI=1S/C22H29NO/c1-16-13-14-20(17(2)15-16)23-22(24)21-18-11-9-7-5-3-4-6-8-10-12-19(18)21/h5-8,13-15,18-19,21H,3-4,9-12H2,1-2H3,(H,23,24)/b7-5-,8-6+/t18-,19-,21?/m0/s1. The molecule has 0 spiro atoms. The van der Waals surface area contributed by atoms with Gasteiger partial charge >= 0.3 is 0 Å². The first-order chi connectivity index (χ1) is 11.7. The molecule has 2 aliphatic carbocycles. The number of fused-ring (bicyclic) bond motifs is 1. The van der Waals surface area contributed by atoms with Crippen LogP contribution in [0.5, 0.6) is 0 Å². The summed E-state index contributed by atoms with van der Waals surface area (Å²) in [5, 5.41) is 3.18. The van der Waals surface area contributed by atoms with E-state index in [9.17, 15) is 4.79 Å². The van der Waals surface area contributed by atoms with Crippen LogP contribution in [0.1, 0.15) is 49.7 Å². The molecule has 0 saturated heterocycles. The van der Waals surface area contributed by atoms with E-state index in [1.807, 2.05) is 6.07 Å². The predicted molar refractivity (Wildman–Crippen MR) is 101 cm³/mol. The normalized spacial score (nSPS) is 29.5. The molecule has 1 amide bonds. The summed E-state index contributed by atoms with van der Waals surface area (Å²) in [7, 11) is 0. The van der Waals surface area contributed by atoms with E-state index in [-0.39, 0.29) is 11.8 Å². The molecule has 128 valence electrons. The van der Waals surface area contributed by atoms with Crippen molar-refractivity contribution in [2.24, 2.45) is 17.8 Å². The van der Waals surface area contributed by atoms with Crippen molar-refractivity contribution in [1.29, 1.82) is 0 Å². The highest BCUT2D eigenvalue weighted by Crippen LogP contribution is 2.52. The van der Waals surface area contributed by atoms with Crippen molar-refractivity contribution < 1.29 is 4.79 Å². The Bertz CT molecular complexity index is 619. The summed E-state index contributed by atoms with van der Waals surface area (Å²) in [5.74, 6) is 1.55. The zero-order valence-electron chi connectivity index (χ0n) is 14.9. The average molecular weight is 323 g/mol. The Labute approximate surface area is 146 Å². The van der Waals surface area contributed by atoms with E-state index >= 15 is 0 Å². The lowest BCUT2D eigenvalue weighted by Gasteiger charge is -2.09. The summed E-state index contributed by atoms with van der Waals surface area (Å²) < 4.78 is 0. The monoisotopic (exact) mass is 323 g/mol. The first kappa shape index (κ1) is 17.0. The molecule has 1 aromatic carbocycles. The smallest absolute Gasteiger partial charge is 0.228 e. The average Bonchev–Trinajstić information content (AvgIpc) is 3.22. The van der Waals surface area contributed by atoms with Gasteiger partial charge in [0.25, 0.3) is 0 Å². The highest BCUT2D eigenvalue weighted by atomic mass is 16.2. The van der Waals surface area contributed by atoms with Crippen LogP contribution in [0.3, 0.4) is 0 Å². The summed E-state index contributed by atoms with van der Waals surface area (Å²) in [6.45, 7) is 4.15. The summed E-state index contributed by atoms with van der Waals surface area (Å²) in [4.78, 5) is 12.8. The van der Waals surface area contributed by atoms with Crippen molar-refractivity contribution in [2.45, 2.75) is 52.4 Å². The predicted octanol–water partition coefficient (Wildman–Crippen LogP) is 5.57. The van der Waals surface area contributed by atoms with Crippen LogP contribution in [0.15, 0.2) is 42.5 Å². The van der Waals surface area contributed by atoms with Gasteiger partial charge < -0.3 is 5.32 Å². The zero-order chi connectivity index (χ0) is 16.9. The number of hydrogen-bond donors (Lipinski definition) is 1. The lowest BCUT2D eigenvalue weighted by atomic mass is 10.1. The van der Waals surface area contributed by atoms with Crippen LogP contribution in [0.2, 0.25) is 0 Å². The molecule has 3 atom stereocenters. The molecular formula is C22H29NO. The molecule has 1 aromatic rings. The van der Waals surface area contributed by atoms with Gasteiger partial charge in [0.05, 0.1) is 0 Å². The number of rotatable bonds is 2. The van der Waals surface area contributed by atoms with Crippen molar-refractivity contribution in [3.63, 3.8) is 0 Å². The van der Waals surface area contributed by atoms with Crippen LogP contribution >= 0.6 is 0 Å². The third kappa shape index (κ3) is 4.17. The maximum absolute atomic E-state index is 12.8. The Hall–Kier alpha value is -1.83. The Balaban J connectivity index is 1.64. The number of allylic oxidation sites excluding steroid dienone is 4. The molecule has 0 bridgehead atoms. The molecule has 2 heteroatoms. The van der Waals surface area contributed by atoms with Crippen LogP contribution in [0, 0.1) is 31.6 Å². The molecule has 0 aromatic heterocycles. The quantitative estimate of drug-likeness (QED) is 0.708. The van der Waals surface area contributed by atoms with Gasteiger partial charge in [-0.15, -0.1) is 0 Å². The van der Waals surface area contributed by atoms with Crippen LogP contribution in [-0.4, -0.2) is 5.91 Å². The Morgan fingerprint density at radius 2 is 1.50 bits per heavy atom. The first-order valence-electron chi connectivity index (χ1n) is 9.35. The van der Waals surface area contributed by atoms with Gasteiger partial charge in [0.2, 0.25) is 5.91 Å². The fraction of sp³-hybridized carbons (Fsp3) is 0.500. The molecular weight excluding hydrogens is 294 g/mol. The Morgan fingerprint density at radius 1 is 0.917 bits per heavy atom. The van der Waals surface area contributed by atoms with Gasteiger partial charge in [0, 0.05) is 11.6 Å². The fourth-order valence-corrected chi connectivity index (χ4v) is 4.03. The SMILES string of the molecule is Cc1ccc(NC(=O)C2[C@H]3CC/C=C\CC/C=C/CC[C@H]23)c(C)c1. The van der Waals surface area contributed by atoms with E-state index in [0.29, 0.717) is 11.8 Å². The minimum atomic E-state index is 0.202. The molecule has 24 heavy (non-hydrogen) atoms. The maximum atomic E-state index is 12.8. The lowest BCUT2D eigenvalue weighted by molar-refractivity contribution is -0.117. The molecule has 1 unspecified atom stereocenters. The molecule has 0 heterocycles. The van der Waals surface area contributed by atoms with Crippen molar-refractivity contribution in [1.82, 2.24) is 0 Å². The van der Waals surface area contributed by atoms with E-state index in [1.54, 1.807) is 0 Å². The Kier molecular flexibility index (Phi) is 5.55. The Morgan fingerprint density at radius 3 is 2.08 bits per heavy atom. The van der Waals surface area contributed by atoms with Gasteiger partial charge in [-0.3, -0.25) is 4.79 Å². The van der Waals surface area contributed by atoms with Crippen LogP contribution in [0.4, 0.5) is 5.69 Å². The second kappa shape index (κ2) is 7.83. The van der Waals surface area contributed by atoms with Crippen LogP contribution in [0.25, 0.3) is 0 Å². The number of anilines is 1. The largest absolute Gasteiger partial charge is 0.326 e. The first-order valence-corrected chi connectivity index (χ1v) is 9.35. The van der Waals surface area contributed by atoms with Gasteiger partial charge in [-0.1, -0.05) is 42.0 Å². The molecule has 2 aliphatic rings.